The number of hydrogen-bond donors (Lipinski definition) is 1. The summed E-state index contributed by atoms with van der Waals surface area (Å²) in [6, 6.07) is 9.75. The number of thioether (sulfide) groups is 1. The molecule has 0 aliphatic rings. The van der Waals surface area contributed by atoms with Gasteiger partial charge in [0.05, 0.1) is 25.7 Å². The minimum absolute atomic E-state index is 0.0890. The molecule has 0 aliphatic carbocycles. The summed E-state index contributed by atoms with van der Waals surface area (Å²) in [5.41, 5.74) is 2.12. The topological polar surface area (TPSA) is 42.6 Å². The molecule has 0 unspecified atom stereocenters. The SMILES string of the molecule is COc1ccc(C#CCCO)c(CSCc2ccco2)c1. The predicted molar refractivity (Wildman–Crippen MR) is 85.3 cm³/mol. The first-order valence-corrected chi connectivity index (χ1v) is 7.85. The number of furan rings is 1. The van der Waals surface area contributed by atoms with Crippen molar-refractivity contribution >= 4 is 11.8 Å². The first kappa shape index (κ1) is 15.6. The van der Waals surface area contributed by atoms with Crippen molar-refractivity contribution in [1.82, 2.24) is 0 Å². The third-order valence-corrected chi connectivity index (χ3v) is 3.86. The molecule has 0 saturated carbocycles. The van der Waals surface area contributed by atoms with Crippen LogP contribution in [0.1, 0.15) is 23.3 Å². The molecular formula is C17H18O3S. The van der Waals surface area contributed by atoms with Crippen LogP contribution in [0.3, 0.4) is 0 Å². The highest BCUT2D eigenvalue weighted by Crippen LogP contribution is 2.24. The van der Waals surface area contributed by atoms with Crippen LogP contribution in [0.15, 0.2) is 41.0 Å². The van der Waals surface area contributed by atoms with Crippen LogP contribution in [-0.4, -0.2) is 18.8 Å². The summed E-state index contributed by atoms with van der Waals surface area (Å²) in [7, 11) is 1.66. The Hall–Kier alpha value is -1.83. The first-order valence-electron chi connectivity index (χ1n) is 6.70. The molecule has 0 aliphatic heterocycles. The van der Waals surface area contributed by atoms with E-state index in [1.54, 1.807) is 25.1 Å². The van der Waals surface area contributed by atoms with Gasteiger partial charge in [-0.15, -0.1) is 11.8 Å². The normalized spacial score (nSPS) is 10.0. The molecule has 2 rings (SSSR count). The van der Waals surface area contributed by atoms with Crippen LogP contribution < -0.4 is 4.74 Å². The van der Waals surface area contributed by atoms with Crippen LogP contribution in [0.4, 0.5) is 0 Å². The second-order valence-electron chi connectivity index (χ2n) is 4.37. The first-order chi connectivity index (χ1) is 10.3. The molecule has 0 bridgehead atoms. The monoisotopic (exact) mass is 302 g/mol. The van der Waals surface area contributed by atoms with Crippen LogP contribution in [0.5, 0.6) is 5.75 Å². The van der Waals surface area contributed by atoms with E-state index in [9.17, 15) is 0 Å². The molecular weight excluding hydrogens is 284 g/mol. The van der Waals surface area contributed by atoms with E-state index in [-0.39, 0.29) is 6.61 Å². The number of methoxy groups -OCH3 is 1. The third-order valence-electron chi connectivity index (χ3n) is 2.85. The minimum Gasteiger partial charge on any atom is -0.497 e. The van der Waals surface area contributed by atoms with E-state index >= 15 is 0 Å². The lowest BCUT2D eigenvalue weighted by atomic mass is 10.1. The number of aliphatic hydroxyl groups is 1. The number of rotatable bonds is 6. The van der Waals surface area contributed by atoms with Gasteiger partial charge in [-0.2, -0.15) is 0 Å². The summed E-state index contributed by atoms with van der Waals surface area (Å²) >= 11 is 1.77. The summed E-state index contributed by atoms with van der Waals surface area (Å²) in [6.45, 7) is 0.0890. The molecule has 3 nitrogen and oxygen atoms in total. The smallest absolute Gasteiger partial charge is 0.119 e. The van der Waals surface area contributed by atoms with Gasteiger partial charge >= 0.3 is 0 Å². The van der Waals surface area contributed by atoms with Gasteiger partial charge in [0, 0.05) is 17.7 Å². The number of ether oxygens (including phenoxy) is 1. The summed E-state index contributed by atoms with van der Waals surface area (Å²) in [5, 5.41) is 8.81. The summed E-state index contributed by atoms with van der Waals surface area (Å²) in [6.07, 6.45) is 2.18. The van der Waals surface area contributed by atoms with Crippen molar-refractivity contribution in [2.24, 2.45) is 0 Å². The van der Waals surface area contributed by atoms with Gasteiger partial charge in [-0.1, -0.05) is 11.8 Å². The highest BCUT2D eigenvalue weighted by atomic mass is 32.2. The van der Waals surface area contributed by atoms with Crippen molar-refractivity contribution in [3.63, 3.8) is 0 Å². The van der Waals surface area contributed by atoms with Gasteiger partial charge in [-0.05, 0) is 35.9 Å². The Bertz CT molecular complexity index is 609. The van der Waals surface area contributed by atoms with Gasteiger partial charge in [0.25, 0.3) is 0 Å². The van der Waals surface area contributed by atoms with Crippen LogP contribution in [0, 0.1) is 11.8 Å². The summed E-state index contributed by atoms with van der Waals surface area (Å²) < 4.78 is 10.6. The molecule has 2 aromatic rings. The van der Waals surface area contributed by atoms with Gasteiger partial charge in [-0.3, -0.25) is 0 Å². The van der Waals surface area contributed by atoms with Gasteiger partial charge < -0.3 is 14.3 Å². The highest BCUT2D eigenvalue weighted by molar-refractivity contribution is 7.97. The number of hydrogen-bond acceptors (Lipinski definition) is 4. The Balaban J connectivity index is 2.05. The lowest BCUT2D eigenvalue weighted by Crippen LogP contribution is -1.91. The Morgan fingerprint density at radius 3 is 2.90 bits per heavy atom. The largest absolute Gasteiger partial charge is 0.497 e. The van der Waals surface area contributed by atoms with Crippen molar-refractivity contribution < 1.29 is 14.3 Å². The maximum Gasteiger partial charge on any atom is 0.119 e. The van der Waals surface area contributed by atoms with E-state index in [1.165, 1.54) is 0 Å². The van der Waals surface area contributed by atoms with Crippen LogP contribution >= 0.6 is 11.8 Å². The Labute approximate surface area is 129 Å². The fourth-order valence-electron chi connectivity index (χ4n) is 1.81. The van der Waals surface area contributed by atoms with Crippen molar-refractivity contribution in [1.29, 1.82) is 0 Å². The molecule has 4 heteroatoms. The third kappa shape index (κ3) is 4.89. The molecule has 0 fully saturated rings. The summed E-state index contributed by atoms with van der Waals surface area (Å²) in [5.74, 6) is 9.53. The quantitative estimate of drug-likeness (QED) is 0.830. The average Bonchev–Trinajstić information content (AvgIpc) is 3.02. The van der Waals surface area contributed by atoms with E-state index in [2.05, 4.69) is 11.8 Å². The Kier molecular flexibility index (Phi) is 6.26. The predicted octanol–water partition coefficient (Wildman–Crippen LogP) is 3.46. The molecule has 110 valence electrons. The van der Waals surface area contributed by atoms with Gasteiger partial charge in [0.2, 0.25) is 0 Å². The van der Waals surface area contributed by atoms with Gasteiger partial charge in [0.1, 0.15) is 11.5 Å². The zero-order chi connectivity index (χ0) is 14.9. The van der Waals surface area contributed by atoms with Gasteiger partial charge in [0.15, 0.2) is 0 Å². The van der Waals surface area contributed by atoms with Gasteiger partial charge in [-0.25, -0.2) is 0 Å². The van der Waals surface area contributed by atoms with E-state index in [0.29, 0.717) is 6.42 Å². The molecule has 0 saturated heterocycles. The molecule has 0 spiro atoms. The molecule has 1 aromatic heterocycles. The van der Waals surface area contributed by atoms with E-state index in [4.69, 9.17) is 14.3 Å². The van der Waals surface area contributed by atoms with Crippen molar-refractivity contribution in [3.8, 4) is 17.6 Å². The fourth-order valence-corrected chi connectivity index (χ4v) is 2.73. The number of aliphatic hydroxyl groups excluding tert-OH is 1. The second kappa shape index (κ2) is 8.46. The molecule has 0 atom stereocenters. The van der Waals surface area contributed by atoms with Crippen LogP contribution in [0.25, 0.3) is 0 Å². The molecule has 1 heterocycles. The van der Waals surface area contributed by atoms with Crippen molar-refractivity contribution in [3.05, 3.63) is 53.5 Å². The zero-order valence-corrected chi connectivity index (χ0v) is 12.8. The van der Waals surface area contributed by atoms with E-state index < -0.39 is 0 Å². The Morgan fingerprint density at radius 2 is 2.19 bits per heavy atom. The Morgan fingerprint density at radius 1 is 1.29 bits per heavy atom. The maximum atomic E-state index is 8.81. The zero-order valence-electron chi connectivity index (χ0n) is 12.0. The lowest BCUT2D eigenvalue weighted by Gasteiger charge is -2.07. The van der Waals surface area contributed by atoms with Crippen molar-refractivity contribution in [2.45, 2.75) is 17.9 Å². The standard InChI is InChI=1S/C17H18O3S/c1-19-16-8-7-14(5-2-3-9-18)15(11-16)12-21-13-17-6-4-10-20-17/h4,6-8,10-11,18H,3,9,12-13H2,1H3. The lowest BCUT2D eigenvalue weighted by molar-refractivity contribution is 0.305. The van der Waals surface area contributed by atoms with E-state index in [0.717, 1.165) is 34.1 Å². The molecule has 21 heavy (non-hydrogen) atoms. The second-order valence-corrected chi connectivity index (χ2v) is 5.36. The fraction of sp³-hybridized carbons (Fsp3) is 0.294. The number of benzene rings is 1. The van der Waals surface area contributed by atoms with Crippen LogP contribution in [0.2, 0.25) is 0 Å². The van der Waals surface area contributed by atoms with Crippen molar-refractivity contribution in [2.75, 3.05) is 13.7 Å². The van der Waals surface area contributed by atoms with E-state index in [1.807, 2.05) is 30.3 Å². The molecule has 0 radical (unpaired) electrons. The molecule has 1 aromatic carbocycles. The minimum atomic E-state index is 0.0890. The van der Waals surface area contributed by atoms with Crippen LogP contribution in [-0.2, 0) is 11.5 Å². The molecule has 1 N–H and O–H groups in total. The molecule has 0 amide bonds. The maximum absolute atomic E-state index is 8.81. The highest BCUT2D eigenvalue weighted by Gasteiger charge is 2.04. The average molecular weight is 302 g/mol. The summed E-state index contributed by atoms with van der Waals surface area (Å²) in [4.78, 5) is 0.